The molecule has 2 aromatic rings. The van der Waals surface area contributed by atoms with Gasteiger partial charge in [-0.1, -0.05) is 18.2 Å². The molecule has 2 rings (SSSR count). The average molecular weight is 325 g/mol. The van der Waals surface area contributed by atoms with Crippen molar-refractivity contribution in [3.63, 3.8) is 0 Å². The zero-order chi connectivity index (χ0) is 16.2. The fourth-order valence-electron chi connectivity index (χ4n) is 1.83. The van der Waals surface area contributed by atoms with Gasteiger partial charge in [-0.15, -0.1) is 0 Å². The summed E-state index contributed by atoms with van der Waals surface area (Å²) < 4.78 is 50.0. The lowest BCUT2D eigenvalue weighted by Crippen LogP contribution is -2.24. The molecule has 0 fully saturated rings. The van der Waals surface area contributed by atoms with Crippen LogP contribution in [0.1, 0.15) is 5.56 Å². The van der Waals surface area contributed by atoms with Crippen molar-refractivity contribution >= 4 is 21.4 Å². The van der Waals surface area contributed by atoms with Crippen LogP contribution in [0.4, 0.5) is 14.5 Å². The molecule has 0 aromatic heterocycles. The van der Waals surface area contributed by atoms with Gasteiger partial charge in [0, 0.05) is 11.3 Å². The maximum absolute atomic E-state index is 13.4. The molecule has 0 heterocycles. The molecule has 1 amide bonds. The number of amides is 1. The van der Waals surface area contributed by atoms with Gasteiger partial charge in [0.1, 0.15) is 17.4 Å². The lowest BCUT2D eigenvalue weighted by molar-refractivity contribution is -0.113. The number of anilines is 1. The van der Waals surface area contributed by atoms with Gasteiger partial charge in [0.05, 0.1) is 5.75 Å². The number of sulfone groups is 1. The first-order valence-electron chi connectivity index (χ1n) is 6.35. The summed E-state index contributed by atoms with van der Waals surface area (Å²) in [5.41, 5.74) is 0.296. The third-order valence-electron chi connectivity index (χ3n) is 2.81. The van der Waals surface area contributed by atoms with Gasteiger partial charge >= 0.3 is 0 Å². The molecule has 0 aliphatic rings. The van der Waals surface area contributed by atoms with E-state index in [-0.39, 0.29) is 11.3 Å². The van der Waals surface area contributed by atoms with Crippen molar-refractivity contribution in [2.24, 2.45) is 0 Å². The highest BCUT2D eigenvalue weighted by Gasteiger charge is 2.19. The molecule has 22 heavy (non-hydrogen) atoms. The van der Waals surface area contributed by atoms with Crippen LogP contribution in [0, 0.1) is 11.6 Å². The number of nitrogens with one attached hydrogen (secondary N) is 1. The highest BCUT2D eigenvalue weighted by molar-refractivity contribution is 7.91. The van der Waals surface area contributed by atoms with Gasteiger partial charge < -0.3 is 5.32 Å². The van der Waals surface area contributed by atoms with E-state index in [2.05, 4.69) is 5.32 Å². The second kappa shape index (κ2) is 6.65. The molecule has 0 aliphatic carbocycles. The molecular formula is C15H13F2NO3S. The average Bonchev–Trinajstić information content (AvgIpc) is 2.43. The number of carbonyl (C=O) groups is 1. The Hall–Kier alpha value is -2.28. The Labute approximate surface area is 126 Å². The maximum Gasteiger partial charge on any atom is 0.239 e. The maximum atomic E-state index is 13.4. The third-order valence-corrected chi connectivity index (χ3v) is 4.27. The van der Waals surface area contributed by atoms with E-state index in [1.807, 2.05) is 0 Å². The monoisotopic (exact) mass is 325 g/mol. The fourth-order valence-corrected chi connectivity index (χ4v) is 3.12. The van der Waals surface area contributed by atoms with E-state index < -0.39 is 38.9 Å². The lowest BCUT2D eigenvalue weighted by Gasteiger charge is -2.07. The van der Waals surface area contributed by atoms with Crippen molar-refractivity contribution in [2.75, 3.05) is 11.1 Å². The number of hydrogen-bond donors (Lipinski definition) is 1. The predicted molar refractivity (Wildman–Crippen MR) is 78.9 cm³/mol. The minimum Gasteiger partial charge on any atom is -0.325 e. The number of carbonyl (C=O) groups excluding carboxylic acids is 1. The Morgan fingerprint density at radius 3 is 2.27 bits per heavy atom. The molecule has 0 saturated heterocycles. The Morgan fingerprint density at radius 1 is 1.00 bits per heavy atom. The van der Waals surface area contributed by atoms with Gasteiger partial charge in [0.25, 0.3) is 0 Å². The van der Waals surface area contributed by atoms with Crippen molar-refractivity contribution in [3.8, 4) is 0 Å². The lowest BCUT2D eigenvalue weighted by atomic mass is 10.2. The minimum absolute atomic E-state index is 0.0112. The number of benzene rings is 2. The van der Waals surface area contributed by atoms with Gasteiger partial charge in [-0.2, -0.15) is 0 Å². The third kappa shape index (κ3) is 4.63. The fraction of sp³-hybridized carbons (Fsp3) is 0.133. The minimum atomic E-state index is -3.81. The van der Waals surface area contributed by atoms with Crippen LogP contribution >= 0.6 is 0 Å². The normalized spacial score (nSPS) is 11.2. The topological polar surface area (TPSA) is 63.2 Å². The van der Waals surface area contributed by atoms with Crippen LogP contribution in [-0.4, -0.2) is 20.1 Å². The molecule has 0 unspecified atom stereocenters. The van der Waals surface area contributed by atoms with Crippen molar-refractivity contribution in [1.29, 1.82) is 0 Å². The van der Waals surface area contributed by atoms with Crippen molar-refractivity contribution in [1.82, 2.24) is 0 Å². The second-order valence-corrected chi connectivity index (χ2v) is 6.74. The Balaban J connectivity index is 2.01. The van der Waals surface area contributed by atoms with E-state index in [0.29, 0.717) is 0 Å². The first-order chi connectivity index (χ1) is 10.4. The molecule has 4 nitrogen and oxygen atoms in total. The summed E-state index contributed by atoms with van der Waals surface area (Å²) in [5, 5.41) is 2.35. The van der Waals surface area contributed by atoms with Crippen molar-refractivity contribution in [2.45, 2.75) is 5.75 Å². The molecule has 0 saturated carbocycles. The van der Waals surface area contributed by atoms with Crippen LogP contribution in [-0.2, 0) is 20.4 Å². The predicted octanol–water partition coefficient (Wildman–Crippen LogP) is 2.52. The van der Waals surface area contributed by atoms with Gasteiger partial charge in [0.2, 0.25) is 5.91 Å². The van der Waals surface area contributed by atoms with E-state index in [0.717, 1.165) is 18.2 Å². The van der Waals surface area contributed by atoms with Crippen molar-refractivity contribution < 1.29 is 22.0 Å². The summed E-state index contributed by atoms with van der Waals surface area (Å²) in [6.07, 6.45) is 0. The quantitative estimate of drug-likeness (QED) is 0.919. The van der Waals surface area contributed by atoms with E-state index in [9.17, 15) is 22.0 Å². The van der Waals surface area contributed by atoms with Gasteiger partial charge in [0.15, 0.2) is 9.84 Å². The van der Waals surface area contributed by atoms with Gasteiger partial charge in [-0.05, 0) is 30.3 Å². The molecular weight excluding hydrogens is 312 g/mol. The summed E-state index contributed by atoms with van der Waals surface area (Å²) in [6, 6.07) is 10.4. The molecule has 0 bridgehead atoms. The standard InChI is InChI=1S/C15H13F2NO3S/c16-12-5-7-13(8-6-12)18-15(19)10-22(20,21)9-11-3-1-2-4-14(11)17/h1-8H,9-10H2,(H,18,19). The zero-order valence-corrected chi connectivity index (χ0v) is 12.2. The molecule has 116 valence electrons. The Bertz CT molecular complexity index is 774. The summed E-state index contributed by atoms with van der Waals surface area (Å²) in [7, 11) is -3.81. The van der Waals surface area contributed by atoms with Crippen LogP contribution in [0.15, 0.2) is 48.5 Å². The molecule has 0 aliphatic heterocycles. The summed E-state index contributed by atoms with van der Waals surface area (Å²) in [4.78, 5) is 11.7. The highest BCUT2D eigenvalue weighted by Crippen LogP contribution is 2.12. The molecule has 0 spiro atoms. The number of hydrogen-bond acceptors (Lipinski definition) is 3. The summed E-state index contributed by atoms with van der Waals surface area (Å²) in [6.45, 7) is 0. The Kier molecular flexibility index (Phi) is 4.87. The smallest absolute Gasteiger partial charge is 0.239 e. The largest absolute Gasteiger partial charge is 0.325 e. The molecule has 0 radical (unpaired) electrons. The molecule has 1 N–H and O–H groups in total. The van der Waals surface area contributed by atoms with Gasteiger partial charge in [-0.3, -0.25) is 4.79 Å². The SMILES string of the molecule is O=C(CS(=O)(=O)Cc1ccccc1F)Nc1ccc(F)cc1. The second-order valence-electron chi connectivity index (χ2n) is 4.68. The van der Waals surface area contributed by atoms with E-state index in [1.54, 1.807) is 0 Å². The molecule has 7 heteroatoms. The van der Waals surface area contributed by atoms with E-state index >= 15 is 0 Å². The molecule has 0 atom stereocenters. The van der Waals surface area contributed by atoms with Gasteiger partial charge in [-0.25, -0.2) is 17.2 Å². The summed E-state index contributed by atoms with van der Waals surface area (Å²) >= 11 is 0. The Morgan fingerprint density at radius 2 is 1.64 bits per heavy atom. The van der Waals surface area contributed by atoms with E-state index in [4.69, 9.17) is 0 Å². The molecule has 2 aromatic carbocycles. The van der Waals surface area contributed by atoms with E-state index in [1.165, 1.54) is 30.3 Å². The first-order valence-corrected chi connectivity index (χ1v) is 8.17. The highest BCUT2D eigenvalue weighted by atomic mass is 32.2. The first kappa shape index (κ1) is 16.1. The summed E-state index contributed by atoms with van der Waals surface area (Å²) in [5.74, 6) is -3.20. The zero-order valence-electron chi connectivity index (χ0n) is 11.4. The van der Waals surface area contributed by atoms with Crippen LogP contribution in [0.5, 0.6) is 0 Å². The number of halogens is 2. The van der Waals surface area contributed by atoms with Crippen LogP contribution in [0.3, 0.4) is 0 Å². The van der Waals surface area contributed by atoms with Crippen molar-refractivity contribution in [3.05, 3.63) is 65.7 Å². The van der Waals surface area contributed by atoms with Crippen LogP contribution in [0.2, 0.25) is 0 Å². The van der Waals surface area contributed by atoms with Crippen LogP contribution < -0.4 is 5.32 Å². The number of rotatable bonds is 5. The van der Waals surface area contributed by atoms with Crippen LogP contribution in [0.25, 0.3) is 0 Å².